The summed E-state index contributed by atoms with van der Waals surface area (Å²) < 4.78 is 22.5. The van der Waals surface area contributed by atoms with Gasteiger partial charge in [-0.1, -0.05) is 0 Å². The molecule has 148 valence electrons. The van der Waals surface area contributed by atoms with Crippen LogP contribution in [0.3, 0.4) is 0 Å². The van der Waals surface area contributed by atoms with E-state index in [2.05, 4.69) is 4.90 Å². The van der Waals surface area contributed by atoms with Crippen LogP contribution in [0.15, 0.2) is 22.6 Å². The van der Waals surface area contributed by atoms with Gasteiger partial charge in [0.1, 0.15) is 17.9 Å². The van der Waals surface area contributed by atoms with Crippen LogP contribution in [0.4, 0.5) is 5.69 Å². The number of anilines is 1. The van der Waals surface area contributed by atoms with E-state index in [0.29, 0.717) is 31.9 Å². The Hall–Kier alpha value is -2.25. The molecule has 0 atom stereocenters. The summed E-state index contributed by atoms with van der Waals surface area (Å²) in [6, 6.07) is 5.59. The SMILES string of the molecule is CC(C)Oc1cc(N2CCOCC2)c2cc(C(=O)OCCN(C)C)oc2c1. The van der Waals surface area contributed by atoms with Crippen LogP contribution in [-0.2, 0) is 9.47 Å². The van der Waals surface area contributed by atoms with Crippen LogP contribution in [0.2, 0.25) is 0 Å². The van der Waals surface area contributed by atoms with Crippen molar-refractivity contribution in [2.24, 2.45) is 0 Å². The van der Waals surface area contributed by atoms with E-state index < -0.39 is 5.97 Å². The number of likely N-dealkylation sites (N-methyl/N-ethyl adjacent to an activating group) is 1. The van der Waals surface area contributed by atoms with Gasteiger partial charge in [0.05, 0.1) is 25.0 Å². The van der Waals surface area contributed by atoms with E-state index in [-0.39, 0.29) is 11.9 Å². The minimum atomic E-state index is -0.452. The second-order valence-electron chi connectivity index (χ2n) is 7.17. The van der Waals surface area contributed by atoms with Crippen molar-refractivity contribution in [1.29, 1.82) is 0 Å². The molecule has 0 N–H and O–H groups in total. The molecule has 2 aromatic rings. The maximum Gasteiger partial charge on any atom is 0.374 e. The van der Waals surface area contributed by atoms with Gasteiger partial charge in [0.15, 0.2) is 0 Å². The third-order valence-corrected chi connectivity index (χ3v) is 4.29. The topological polar surface area (TPSA) is 64.4 Å². The highest BCUT2D eigenvalue weighted by Gasteiger charge is 2.21. The standard InChI is InChI=1S/C20H28N2O5/c1-14(2)26-15-11-17(22-6-8-24-9-7-22)16-13-19(27-18(16)12-15)20(23)25-10-5-21(3)4/h11-14H,5-10H2,1-4H3. The van der Waals surface area contributed by atoms with Gasteiger partial charge in [0, 0.05) is 43.2 Å². The molecular formula is C20H28N2O5. The number of hydrogen-bond donors (Lipinski definition) is 0. The fourth-order valence-corrected chi connectivity index (χ4v) is 2.99. The number of ether oxygens (including phenoxy) is 3. The van der Waals surface area contributed by atoms with Gasteiger partial charge in [-0.15, -0.1) is 0 Å². The van der Waals surface area contributed by atoms with Gasteiger partial charge in [-0.3, -0.25) is 0 Å². The van der Waals surface area contributed by atoms with Gasteiger partial charge in [0.25, 0.3) is 0 Å². The molecule has 0 amide bonds. The van der Waals surface area contributed by atoms with Crippen molar-refractivity contribution in [2.45, 2.75) is 20.0 Å². The van der Waals surface area contributed by atoms with E-state index in [9.17, 15) is 4.79 Å². The first kappa shape index (κ1) is 19.5. The average molecular weight is 376 g/mol. The van der Waals surface area contributed by atoms with E-state index in [0.717, 1.165) is 29.9 Å². The number of carbonyl (C=O) groups excluding carboxylic acids is 1. The molecule has 3 rings (SSSR count). The summed E-state index contributed by atoms with van der Waals surface area (Å²) >= 11 is 0. The van der Waals surface area contributed by atoms with Crippen LogP contribution in [0, 0.1) is 0 Å². The first-order valence-electron chi connectivity index (χ1n) is 9.33. The maximum absolute atomic E-state index is 12.3. The first-order valence-corrected chi connectivity index (χ1v) is 9.33. The molecule has 1 aromatic heterocycles. The third-order valence-electron chi connectivity index (χ3n) is 4.29. The number of benzene rings is 1. The highest BCUT2D eigenvalue weighted by atomic mass is 16.5. The van der Waals surface area contributed by atoms with Gasteiger partial charge in [-0.2, -0.15) is 0 Å². The Morgan fingerprint density at radius 3 is 2.63 bits per heavy atom. The number of esters is 1. The highest BCUT2D eigenvalue weighted by molar-refractivity contribution is 5.99. The van der Waals surface area contributed by atoms with Crippen molar-refractivity contribution in [3.63, 3.8) is 0 Å². The van der Waals surface area contributed by atoms with Crippen LogP contribution in [0.1, 0.15) is 24.4 Å². The Kier molecular flexibility index (Phi) is 6.23. The fraction of sp³-hybridized carbons (Fsp3) is 0.550. The van der Waals surface area contributed by atoms with Crippen molar-refractivity contribution in [3.05, 3.63) is 24.0 Å². The zero-order chi connectivity index (χ0) is 19.4. The molecule has 0 spiro atoms. The summed E-state index contributed by atoms with van der Waals surface area (Å²) in [7, 11) is 3.86. The molecule has 7 nitrogen and oxygen atoms in total. The van der Waals surface area contributed by atoms with E-state index >= 15 is 0 Å². The molecule has 0 unspecified atom stereocenters. The number of hydrogen-bond acceptors (Lipinski definition) is 7. The Balaban J connectivity index is 1.91. The molecule has 1 aliphatic rings. The summed E-state index contributed by atoms with van der Waals surface area (Å²) in [6.45, 7) is 7.87. The highest BCUT2D eigenvalue weighted by Crippen LogP contribution is 2.35. The smallest absolute Gasteiger partial charge is 0.374 e. The molecule has 27 heavy (non-hydrogen) atoms. The second-order valence-corrected chi connectivity index (χ2v) is 7.17. The van der Waals surface area contributed by atoms with Crippen molar-refractivity contribution in [1.82, 2.24) is 4.90 Å². The molecule has 1 fully saturated rings. The summed E-state index contributed by atoms with van der Waals surface area (Å²) in [5, 5.41) is 0.882. The Bertz CT molecular complexity index is 778. The molecule has 1 aliphatic heterocycles. The minimum Gasteiger partial charge on any atom is -0.491 e. The van der Waals surface area contributed by atoms with E-state index in [1.807, 2.05) is 45.0 Å². The zero-order valence-electron chi connectivity index (χ0n) is 16.5. The summed E-state index contributed by atoms with van der Waals surface area (Å²) in [4.78, 5) is 16.5. The molecular weight excluding hydrogens is 348 g/mol. The molecule has 0 saturated carbocycles. The third kappa shape index (κ3) is 4.93. The lowest BCUT2D eigenvalue weighted by molar-refractivity contribution is 0.0448. The number of furan rings is 1. The Morgan fingerprint density at radius 2 is 1.96 bits per heavy atom. The lowest BCUT2D eigenvalue weighted by atomic mass is 10.1. The number of nitrogens with zero attached hydrogens (tertiary/aromatic N) is 2. The van der Waals surface area contributed by atoms with Gasteiger partial charge in [-0.05, 0) is 27.9 Å². The average Bonchev–Trinajstić information content (AvgIpc) is 3.05. The molecule has 0 bridgehead atoms. The molecule has 7 heteroatoms. The minimum absolute atomic E-state index is 0.0467. The zero-order valence-corrected chi connectivity index (χ0v) is 16.5. The fourth-order valence-electron chi connectivity index (χ4n) is 2.99. The molecule has 2 heterocycles. The molecule has 0 radical (unpaired) electrons. The van der Waals surface area contributed by atoms with Crippen molar-refractivity contribution >= 4 is 22.6 Å². The van der Waals surface area contributed by atoms with Crippen LogP contribution in [0.25, 0.3) is 11.0 Å². The number of carbonyl (C=O) groups is 1. The normalized spacial score (nSPS) is 15.0. The summed E-state index contributed by atoms with van der Waals surface area (Å²) in [5.74, 6) is 0.480. The summed E-state index contributed by atoms with van der Waals surface area (Å²) in [6.07, 6.45) is 0.0467. The number of fused-ring (bicyclic) bond motifs is 1. The van der Waals surface area contributed by atoms with Gasteiger partial charge in [-0.25, -0.2) is 4.79 Å². The van der Waals surface area contributed by atoms with Gasteiger partial charge >= 0.3 is 5.97 Å². The van der Waals surface area contributed by atoms with E-state index in [1.165, 1.54) is 0 Å². The monoisotopic (exact) mass is 376 g/mol. The van der Waals surface area contributed by atoms with Crippen molar-refractivity contribution < 1.29 is 23.4 Å². The quantitative estimate of drug-likeness (QED) is 0.689. The number of rotatable bonds is 7. The van der Waals surface area contributed by atoms with Crippen molar-refractivity contribution in [2.75, 3.05) is 58.5 Å². The van der Waals surface area contributed by atoms with Crippen molar-refractivity contribution in [3.8, 4) is 5.75 Å². The van der Waals surface area contributed by atoms with Crippen LogP contribution >= 0.6 is 0 Å². The van der Waals surface area contributed by atoms with Crippen LogP contribution in [0.5, 0.6) is 5.75 Å². The second kappa shape index (κ2) is 8.63. The van der Waals surface area contributed by atoms with Crippen LogP contribution < -0.4 is 9.64 Å². The molecule has 1 saturated heterocycles. The van der Waals surface area contributed by atoms with E-state index in [1.54, 1.807) is 6.07 Å². The molecule has 1 aromatic carbocycles. The van der Waals surface area contributed by atoms with Gasteiger partial charge in [0.2, 0.25) is 5.76 Å². The number of morpholine rings is 1. The largest absolute Gasteiger partial charge is 0.491 e. The predicted molar refractivity (Wildman–Crippen MR) is 104 cm³/mol. The Labute approximate surface area is 159 Å². The van der Waals surface area contributed by atoms with Gasteiger partial charge < -0.3 is 28.4 Å². The lowest BCUT2D eigenvalue weighted by Crippen LogP contribution is -2.36. The first-order chi connectivity index (χ1) is 12.9. The molecule has 0 aliphatic carbocycles. The van der Waals surface area contributed by atoms with Crippen LogP contribution in [-0.4, -0.2) is 70.5 Å². The summed E-state index contributed by atoms with van der Waals surface area (Å²) in [5.41, 5.74) is 1.61. The predicted octanol–water partition coefficient (Wildman–Crippen LogP) is 2.78. The lowest BCUT2D eigenvalue weighted by Gasteiger charge is -2.29. The maximum atomic E-state index is 12.3. The van der Waals surface area contributed by atoms with E-state index in [4.69, 9.17) is 18.6 Å². The Morgan fingerprint density at radius 1 is 1.22 bits per heavy atom.